The maximum atomic E-state index is 9.84. The molecule has 0 aliphatic heterocycles. The number of aliphatic hydroxyl groups is 1. The fraction of sp³-hybridized carbons (Fsp3) is 0.538. The lowest BCUT2D eigenvalue weighted by atomic mass is 10.1. The fourth-order valence-corrected chi connectivity index (χ4v) is 1.73. The van der Waals surface area contributed by atoms with Crippen molar-refractivity contribution in [2.24, 2.45) is 0 Å². The molecule has 1 aromatic rings. The van der Waals surface area contributed by atoms with Crippen LogP contribution in [0, 0.1) is 0 Å². The highest BCUT2D eigenvalue weighted by molar-refractivity contribution is 5.28. The number of aliphatic hydroxyl groups excluding tert-OH is 1. The van der Waals surface area contributed by atoms with Gasteiger partial charge in [0.15, 0.2) is 0 Å². The number of rotatable bonds is 6. The molecule has 0 spiro atoms. The zero-order valence-corrected chi connectivity index (χ0v) is 9.65. The van der Waals surface area contributed by atoms with Crippen LogP contribution in [0.5, 0.6) is 5.75 Å². The summed E-state index contributed by atoms with van der Waals surface area (Å²) in [4.78, 5) is 0. The smallest absolute Gasteiger partial charge is 0.119 e. The molecule has 1 unspecified atom stereocenters. The number of hydrogen-bond acceptors (Lipinski definition) is 3. The van der Waals surface area contributed by atoms with Gasteiger partial charge in [0.2, 0.25) is 0 Å². The predicted molar refractivity (Wildman–Crippen MR) is 63.7 cm³/mol. The Kier molecular flexibility index (Phi) is 3.80. The zero-order valence-electron chi connectivity index (χ0n) is 9.65. The Hall–Kier alpha value is -1.06. The van der Waals surface area contributed by atoms with Crippen LogP contribution >= 0.6 is 0 Å². The minimum atomic E-state index is -0.312. The summed E-state index contributed by atoms with van der Waals surface area (Å²) in [6.45, 7) is 0.682. The standard InChI is InChI=1S/C13H19NO2/c1-16-13-4-2-3-10(8-13)7-12(15)9-14-11-5-6-11/h2-4,8,11-12,14-15H,5-7,9H2,1H3. The molecule has 1 aliphatic carbocycles. The van der Waals surface area contributed by atoms with E-state index in [0.29, 0.717) is 19.0 Å². The van der Waals surface area contributed by atoms with Gasteiger partial charge in [-0.1, -0.05) is 12.1 Å². The predicted octanol–water partition coefficient (Wildman–Crippen LogP) is 1.35. The highest BCUT2D eigenvalue weighted by atomic mass is 16.5. The van der Waals surface area contributed by atoms with E-state index < -0.39 is 0 Å². The maximum Gasteiger partial charge on any atom is 0.119 e. The third kappa shape index (κ3) is 3.51. The van der Waals surface area contributed by atoms with Crippen LogP contribution in [0.1, 0.15) is 18.4 Å². The summed E-state index contributed by atoms with van der Waals surface area (Å²) in [5.74, 6) is 0.847. The molecule has 0 heterocycles. The molecule has 3 nitrogen and oxygen atoms in total. The molecule has 2 N–H and O–H groups in total. The third-order valence-corrected chi connectivity index (χ3v) is 2.82. The molecule has 0 radical (unpaired) electrons. The molecule has 0 amide bonds. The third-order valence-electron chi connectivity index (χ3n) is 2.82. The van der Waals surface area contributed by atoms with Crippen LogP contribution in [0.2, 0.25) is 0 Å². The van der Waals surface area contributed by atoms with Gasteiger partial charge in [-0.2, -0.15) is 0 Å². The van der Waals surface area contributed by atoms with Crippen LogP contribution in [0.25, 0.3) is 0 Å². The van der Waals surface area contributed by atoms with Crippen molar-refractivity contribution in [1.82, 2.24) is 5.32 Å². The molecule has 2 rings (SSSR count). The molecule has 88 valence electrons. The van der Waals surface area contributed by atoms with Gasteiger partial charge in [-0.05, 0) is 37.0 Å². The number of methoxy groups -OCH3 is 1. The average Bonchev–Trinajstić information content (AvgIpc) is 3.10. The fourth-order valence-electron chi connectivity index (χ4n) is 1.73. The van der Waals surface area contributed by atoms with E-state index >= 15 is 0 Å². The molecule has 1 fully saturated rings. The van der Waals surface area contributed by atoms with Gasteiger partial charge in [0.25, 0.3) is 0 Å². The van der Waals surface area contributed by atoms with Crippen molar-refractivity contribution in [3.05, 3.63) is 29.8 Å². The van der Waals surface area contributed by atoms with E-state index in [9.17, 15) is 5.11 Å². The van der Waals surface area contributed by atoms with Gasteiger partial charge in [-0.15, -0.1) is 0 Å². The largest absolute Gasteiger partial charge is 0.497 e. The van der Waals surface area contributed by atoms with E-state index in [4.69, 9.17) is 4.74 Å². The van der Waals surface area contributed by atoms with Gasteiger partial charge in [-0.25, -0.2) is 0 Å². The second-order valence-electron chi connectivity index (χ2n) is 4.39. The van der Waals surface area contributed by atoms with Crippen molar-refractivity contribution in [2.45, 2.75) is 31.4 Å². The average molecular weight is 221 g/mol. The van der Waals surface area contributed by atoms with Crippen molar-refractivity contribution >= 4 is 0 Å². The van der Waals surface area contributed by atoms with Crippen LogP contribution < -0.4 is 10.1 Å². The molecular formula is C13H19NO2. The lowest BCUT2D eigenvalue weighted by molar-refractivity contribution is 0.171. The normalized spacial score (nSPS) is 17.1. The molecule has 16 heavy (non-hydrogen) atoms. The molecule has 1 saturated carbocycles. The number of benzene rings is 1. The topological polar surface area (TPSA) is 41.5 Å². The van der Waals surface area contributed by atoms with Gasteiger partial charge >= 0.3 is 0 Å². The number of ether oxygens (including phenoxy) is 1. The summed E-state index contributed by atoms with van der Waals surface area (Å²) in [5, 5.41) is 13.2. The van der Waals surface area contributed by atoms with Crippen molar-refractivity contribution in [2.75, 3.05) is 13.7 Å². The Bertz CT molecular complexity index is 336. The maximum absolute atomic E-state index is 9.84. The summed E-state index contributed by atoms with van der Waals surface area (Å²) < 4.78 is 5.15. The Morgan fingerprint density at radius 3 is 3.00 bits per heavy atom. The van der Waals surface area contributed by atoms with Crippen molar-refractivity contribution in [3.8, 4) is 5.75 Å². The second-order valence-corrected chi connectivity index (χ2v) is 4.39. The van der Waals surface area contributed by atoms with Crippen molar-refractivity contribution < 1.29 is 9.84 Å². The van der Waals surface area contributed by atoms with Crippen LogP contribution in [0.3, 0.4) is 0 Å². The van der Waals surface area contributed by atoms with Gasteiger partial charge < -0.3 is 15.2 Å². The second kappa shape index (κ2) is 5.32. The first-order valence-corrected chi connectivity index (χ1v) is 5.82. The molecule has 0 bridgehead atoms. The molecule has 1 atom stereocenters. The molecule has 1 aromatic carbocycles. The van der Waals surface area contributed by atoms with E-state index in [2.05, 4.69) is 5.32 Å². The highest BCUT2D eigenvalue weighted by Crippen LogP contribution is 2.19. The first-order valence-electron chi connectivity index (χ1n) is 5.82. The van der Waals surface area contributed by atoms with E-state index in [1.807, 2.05) is 24.3 Å². The quantitative estimate of drug-likeness (QED) is 0.762. The van der Waals surface area contributed by atoms with Gasteiger partial charge in [0.05, 0.1) is 13.2 Å². The number of hydrogen-bond donors (Lipinski definition) is 2. The SMILES string of the molecule is COc1cccc(CC(O)CNC2CC2)c1. The zero-order chi connectivity index (χ0) is 11.4. The highest BCUT2D eigenvalue weighted by Gasteiger charge is 2.21. The molecular weight excluding hydrogens is 202 g/mol. The van der Waals surface area contributed by atoms with Crippen LogP contribution in [0.4, 0.5) is 0 Å². The molecule has 0 aromatic heterocycles. The minimum absolute atomic E-state index is 0.312. The Labute approximate surface area is 96.4 Å². The van der Waals surface area contributed by atoms with E-state index in [0.717, 1.165) is 11.3 Å². The minimum Gasteiger partial charge on any atom is -0.497 e. The van der Waals surface area contributed by atoms with E-state index in [1.54, 1.807) is 7.11 Å². The van der Waals surface area contributed by atoms with Crippen LogP contribution in [-0.4, -0.2) is 30.9 Å². The summed E-state index contributed by atoms with van der Waals surface area (Å²) in [7, 11) is 1.66. The van der Waals surface area contributed by atoms with Gasteiger partial charge in [0, 0.05) is 12.6 Å². The Balaban J connectivity index is 1.81. The van der Waals surface area contributed by atoms with Crippen molar-refractivity contribution in [1.29, 1.82) is 0 Å². The lowest BCUT2D eigenvalue weighted by Gasteiger charge is -2.12. The van der Waals surface area contributed by atoms with Gasteiger partial charge in [-0.3, -0.25) is 0 Å². The van der Waals surface area contributed by atoms with E-state index in [1.165, 1.54) is 12.8 Å². The molecule has 3 heteroatoms. The van der Waals surface area contributed by atoms with Gasteiger partial charge in [0.1, 0.15) is 5.75 Å². The monoisotopic (exact) mass is 221 g/mol. The first kappa shape index (κ1) is 11.4. The van der Waals surface area contributed by atoms with Crippen LogP contribution in [-0.2, 0) is 6.42 Å². The van der Waals surface area contributed by atoms with E-state index in [-0.39, 0.29) is 6.10 Å². The summed E-state index contributed by atoms with van der Waals surface area (Å²) in [6, 6.07) is 8.51. The summed E-state index contributed by atoms with van der Waals surface area (Å²) in [5.41, 5.74) is 1.12. The van der Waals surface area contributed by atoms with Crippen molar-refractivity contribution in [3.63, 3.8) is 0 Å². The molecule has 1 aliphatic rings. The first-order chi connectivity index (χ1) is 7.78. The molecule has 0 saturated heterocycles. The van der Waals surface area contributed by atoms with Crippen LogP contribution in [0.15, 0.2) is 24.3 Å². The number of nitrogens with one attached hydrogen (secondary N) is 1. The summed E-state index contributed by atoms with van der Waals surface area (Å²) >= 11 is 0. The Morgan fingerprint density at radius 2 is 2.31 bits per heavy atom. The lowest BCUT2D eigenvalue weighted by Crippen LogP contribution is -2.29. The summed E-state index contributed by atoms with van der Waals surface area (Å²) in [6.07, 6.45) is 2.88. The Morgan fingerprint density at radius 1 is 1.50 bits per heavy atom.